The van der Waals surface area contributed by atoms with Crippen molar-refractivity contribution in [3.05, 3.63) is 12.2 Å². The van der Waals surface area contributed by atoms with Gasteiger partial charge in [0, 0.05) is 20.6 Å². The number of ether oxygens (including phenoxy) is 5. The topological polar surface area (TPSA) is 86.8 Å². The van der Waals surface area contributed by atoms with Crippen molar-refractivity contribution in [3.63, 3.8) is 0 Å². The third-order valence-electron chi connectivity index (χ3n) is 15.0. The van der Waals surface area contributed by atoms with Crippen LogP contribution in [0.5, 0.6) is 0 Å². The van der Waals surface area contributed by atoms with E-state index in [1.165, 1.54) is 43.4 Å². The lowest BCUT2D eigenvalue weighted by Crippen LogP contribution is -2.56. The molecule has 0 bridgehead atoms. The quantitative estimate of drug-likeness (QED) is 0.273. The van der Waals surface area contributed by atoms with Crippen LogP contribution < -0.4 is 0 Å². The van der Waals surface area contributed by atoms with Gasteiger partial charge in [-0.25, -0.2) is 9.59 Å². The molecular formula is C40H64N2O7. The lowest BCUT2D eigenvalue weighted by Gasteiger charge is -2.60. The Kier molecular flexibility index (Phi) is 8.79. The molecule has 0 radical (unpaired) electrons. The molecule has 0 aromatic heterocycles. The van der Waals surface area contributed by atoms with Crippen molar-refractivity contribution in [2.45, 2.75) is 149 Å². The lowest BCUT2D eigenvalue weighted by molar-refractivity contribution is -0.243. The molecule has 7 unspecified atom stereocenters. The SMILES string of the molecule is C=C(C)[C@@H](OC(=O)N(C)C)C1CCC2C(CC3C4CCC5C(C)(C)[C@@H](OC6CN(C(=O)OC(C)(C)C)CCO6)CC[C@@]56C[C@@]46CC[C@]23C)O1. The zero-order chi connectivity index (χ0) is 35.3. The van der Waals surface area contributed by atoms with Crippen molar-refractivity contribution in [2.24, 2.45) is 45.3 Å². The molecule has 2 amide bonds. The van der Waals surface area contributed by atoms with Crippen LogP contribution in [0.1, 0.15) is 113 Å². The Morgan fingerprint density at radius 2 is 1.69 bits per heavy atom. The van der Waals surface area contributed by atoms with Gasteiger partial charge < -0.3 is 33.5 Å². The first-order valence-corrected chi connectivity index (χ1v) is 19.4. The Hall–Kier alpha value is -1.84. The second-order valence-corrected chi connectivity index (χ2v) is 19.2. The van der Waals surface area contributed by atoms with E-state index in [9.17, 15) is 9.59 Å². The van der Waals surface area contributed by atoms with E-state index in [1.54, 1.807) is 19.0 Å². The van der Waals surface area contributed by atoms with E-state index in [-0.39, 0.29) is 35.9 Å². The van der Waals surface area contributed by atoms with Gasteiger partial charge in [-0.1, -0.05) is 27.4 Å². The van der Waals surface area contributed by atoms with Crippen LogP contribution in [0.25, 0.3) is 0 Å². The first-order chi connectivity index (χ1) is 22.9. The highest BCUT2D eigenvalue weighted by Crippen LogP contribution is 2.87. The molecule has 0 aromatic rings. The monoisotopic (exact) mass is 684 g/mol. The molecule has 7 rings (SSSR count). The van der Waals surface area contributed by atoms with E-state index in [1.807, 2.05) is 27.7 Å². The standard InChI is InChI=1S/C40H64N2O7/c1-24(2)33(48-34(43)41(9)10)28-13-11-26-29(46-28)21-27-25-12-14-30-37(6,7)31(15-16-40(30)23-39(25,40)18-17-38(26,27)8)47-32-22-42(19-20-45-32)35(44)49-36(3,4)5/h25-33H,1,11-23H2,2-10H3/t25?,26?,27?,28?,29?,30?,31-,32?,33+,38+,39-,40+/m0/s1. The summed E-state index contributed by atoms with van der Waals surface area (Å²) in [5, 5.41) is 0. The Morgan fingerprint density at radius 3 is 2.39 bits per heavy atom. The van der Waals surface area contributed by atoms with Crippen LogP contribution in [0.15, 0.2) is 12.2 Å². The fourth-order valence-electron chi connectivity index (χ4n) is 12.8. The van der Waals surface area contributed by atoms with Gasteiger partial charge in [-0.2, -0.15) is 0 Å². The fraction of sp³-hybridized carbons (Fsp3) is 0.900. The smallest absolute Gasteiger partial charge is 0.410 e. The van der Waals surface area contributed by atoms with Crippen LogP contribution in [-0.4, -0.2) is 92.1 Å². The Morgan fingerprint density at radius 1 is 0.959 bits per heavy atom. The maximum Gasteiger partial charge on any atom is 0.410 e. The summed E-state index contributed by atoms with van der Waals surface area (Å²) in [6.45, 7) is 20.8. The maximum absolute atomic E-state index is 12.8. The summed E-state index contributed by atoms with van der Waals surface area (Å²) < 4.78 is 31.4. The van der Waals surface area contributed by atoms with Crippen molar-refractivity contribution in [1.82, 2.24) is 9.80 Å². The van der Waals surface area contributed by atoms with Gasteiger partial charge in [0.15, 0.2) is 12.4 Å². The van der Waals surface area contributed by atoms with E-state index in [4.69, 9.17) is 23.7 Å². The summed E-state index contributed by atoms with van der Waals surface area (Å²) in [7, 11) is 3.45. The molecule has 2 saturated heterocycles. The molecule has 9 heteroatoms. The number of amides is 2. The number of fused-ring (bicyclic) bond motifs is 4. The molecule has 0 aromatic carbocycles. The van der Waals surface area contributed by atoms with Gasteiger partial charge in [0.25, 0.3) is 0 Å². The number of hydrogen-bond donors (Lipinski definition) is 0. The van der Waals surface area contributed by atoms with Crippen LogP contribution >= 0.6 is 0 Å². The van der Waals surface area contributed by atoms with Crippen LogP contribution in [0.4, 0.5) is 9.59 Å². The van der Waals surface area contributed by atoms with Crippen molar-refractivity contribution in [1.29, 1.82) is 0 Å². The molecule has 276 valence electrons. The van der Waals surface area contributed by atoms with E-state index >= 15 is 0 Å². The van der Waals surface area contributed by atoms with E-state index < -0.39 is 18.0 Å². The summed E-state index contributed by atoms with van der Waals surface area (Å²) in [4.78, 5) is 28.6. The molecule has 5 aliphatic carbocycles. The molecular weight excluding hydrogens is 620 g/mol. The Labute approximate surface area is 295 Å². The third kappa shape index (κ3) is 5.75. The number of rotatable bonds is 5. The van der Waals surface area contributed by atoms with Gasteiger partial charge in [0.1, 0.15) is 5.60 Å². The van der Waals surface area contributed by atoms with Crippen molar-refractivity contribution in [2.75, 3.05) is 33.8 Å². The molecule has 5 saturated carbocycles. The van der Waals surface area contributed by atoms with Gasteiger partial charge in [-0.3, -0.25) is 0 Å². The summed E-state index contributed by atoms with van der Waals surface area (Å²) in [6.07, 6.45) is 10.8. The predicted molar refractivity (Wildman–Crippen MR) is 187 cm³/mol. The average Bonchev–Trinajstić information content (AvgIpc) is 3.60. The normalized spacial score (nSPS) is 44.2. The van der Waals surface area contributed by atoms with Gasteiger partial charge >= 0.3 is 12.2 Å². The van der Waals surface area contributed by atoms with Crippen molar-refractivity contribution >= 4 is 12.2 Å². The maximum atomic E-state index is 12.8. The summed E-state index contributed by atoms with van der Waals surface area (Å²) in [5.74, 6) is 2.66. The van der Waals surface area contributed by atoms with Crippen LogP contribution in [0.2, 0.25) is 0 Å². The number of hydrogen-bond acceptors (Lipinski definition) is 7. The summed E-state index contributed by atoms with van der Waals surface area (Å²) in [5.41, 5.74) is 1.55. The van der Waals surface area contributed by atoms with Crippen molar-refractivity contribution in [3.8, 4) is 0 Å². The zero-order valence-electron chi connectivity index (χ0n) is 31.8. The lowest BCUT2D eigenvalue weighted by atomic mass is 9.46. The van der Waals surface area contributed by atoms with E-state index in [0.29, 0.717) is 53.7 Å². The van der Waals surface area contributed by atoms with Gasteiger partial charge in [0.2, 0.25) is 0 Å². The Bertz CT molecular complexity index is 1330. The fourth-order valence-corrected chi connectivity index (χ4v) is 12.8. The molecule has 7 aliphatic rings. The highest BCUT2D eigenvalue weighted by Gasteiger charge is 2.80. The second kappa shape index (κ2) is 12.1. The minimum atomic E-state index is -0.525. The summed E-state index contributed by atoms with van der Waals surface area (Å²) >= 11 is 0. The summed E-state index contributed by atoms with van der Waals surface area (Å²) in [6, 6.07) is 0. The molecule has 0 N–H and O–H groups in total. The van der Waals surface area contributed by atoms with Gasteiger partial charge in [0.05, 0.1) is 31.5 Å². The van der Waals surface area contributed by atoms with Crippen LogP contribution in [-0.2, 0) is 23.7 Å². The first kappa shape index (κ1) is 35.6. The van der Waals surface area contributed by atoms with Gasteiger partial charge in [-0.05, 0) is 143 Å². The number of morpholine rings is 1. The molecule has 2 spiro atoms. The minimum absolute atomic E-state index is 0.0343. The minimum Gasteiger partial charge on any atom is -0.444 e. The zero-order valence-corrected chi connectivity index (χ0v) is 31.8. The van der Waals surface area contributed by atoms with E-state index in [0.717, 1.165) is 37.2 Å². The number of carbonyl (C=O) groups is 2. The van der Waals surface area contributed by atoms with E-state index in [2.05, 4.69) is 27.4 Å². The van der Waals surface area contributed by atoms with Crippen molar-refractivity contribution < 1.29 is 33.3 Å². The Balaban J connectivity index is 1.02. The third-order valence-corrected chi connectivity index (χ3v) is 15.0. The highest BCUT2D eigenvalue weighted by molar-refractivity contribution is 5.68. The van der Waals surface area contributed by atoms with Crippen LogP contribution in [0.3, 0.4) is 0 Å². The highest BCUT2D eigenvalue weighted by atomic mass is 16.7. The first-order valence-electron chi connectivity index (χ1n) is 19.4. The van der Waals surface area contributed by atoms with Gasteiger partial charge in [-0.15, -0.1) is 0 Å². The molecule has 2 heterocycles. The second-order valence-electron chi connectivity index (χ2n) is 19.2. The molecule has 7 fully saturated rings. The molecule has 49 heavy (non-hydrogen) atoms. The average molecular weight is 685 g/mol. The molecule has 9 nitrogen and oxygen atoms in total. The number of nitrogens with zero attached hydrogens (tertiary/aromatic N) is 2. The number of carbonyl (C=O) groups excluding carboxylic acids is 2. The molecule has 12 atom stereocenters. The molecule has 2 aliphatic heterocycles. The van der Waals surface area contributed by atoms with Crippen LogP contribution in [0, 0.1) is 45.3 Å². The predicted octanol–water partition coefficient (Wildman–Crippen LogP) is 7.81. The largest absolute Gasteiger partial charge is 0.444 e.